The van der Waals surface area contributed by atoms with E-state index in [4.69, 9.17) is 9.47 Å². The zero-order valence-electron chi connectivity index (χ0n) is 13.0. The van der Waals surface area contributed by atoms with Crippen molar-refractivity contribution in [2.75, 3.05) is 6.61 Å². The molecule has 2 unspecified atom stereocenters. The molecular formula is C15H29NO3. The van der Waals surface area contributed by atoms with Gasteiger partial charge in [-0.25, -0.2) is 0 Å². The van der Waals surface area contributed by atoms with E-state index in [0.717, 1.165) is 12.8 Å². The van der Waals surface area contributed by atoms with Crippen LogP contribution in [0.3, 0.4) is 0 Å². The molecule has 0 heterocycles. The van der Waals surface area contributed by atoms with Crippen LogP contribution in [0.5, 0.6) is 0 Å². The Morgan fingerprint density at radius 3 is 2.42 bits per heavy atom. The van der Waals surface area contributed by atoms with E-state index in [0.29, 0.717) is 19.1 Å². The quantitative estimate of drug-likeness (QED) is 0.689. The second kappa shape index (κ2) is 7.25. The van der Waals surface area contributed by atoms with Crippen LogP contribution in [-0.4, -0.2) is 36.4 Å². The van der Waals surface area contributed by atoms with E-state index < -0.39 is 5.54 Å². The van der Waals surface area contributed by atoms with Gasteiger partial charge in [-0.2, -0.15) is 0 Å². The molecule has 0 bridgehead atoms. The van der Waals surface area contributed by atoms with Crippen LogP contribution in [0, 0.1) is 0 Å². The van der Waals surface area contributed by atoms with Gasteiger partial charge in [-0.1, -0.05) is 0 Å². The molecule has 1 saturated carbocycles. The zero-order chi connectivity index (χ0) is 14.5. The Hall–Kier alpha value is -0.610. The Morgan fingerprint density at radius 1 is 1.37 bits per heavy atom. The molecule has 1 aliphatic carbocycles. The summed E-state index contributed by atoms with van der Waals surface area (Å²) in [6, 6.07) is 0.227. The molecule has 0 aromatic rings. The van der Waals surface area contributed by atoms with Gasteiger partial charge < -0.3 is 9.47 Å². The number of rotatable bonds is 8. The molecule has 112 valence electrons. The molecule has 4 heteroatoms. The lowest BCUT2D eigenvalue weighted by Crippen LogP contribution is -2.55. The van der Waals surface area contributed by atoms with Crippen LogP contribution in [0.2, 0.25) is 0 Å². The number of nitrogens with one attached hydrogen (secondary N) is 1. The molecule has 19 heavy (non-hydrogen) atoms. The second-order valence-corrected chi connectivity index (χ2v) is 6.06. The normalized spacial score (nSPS) is 20.7. The standard InChI is InChI=1S/C15H29NO3/c1-6-18-14(17)15(5,16-11(2)3)10-12(4)19-13-8-7-9-13/h11-13,16H,6-10H2,1-5H3. The third-order valence-electron chi connectivity index (χ3n) is 3.51. The van der Waals surface area contributed by atoms with Gasteiger partial charge in [0.2, 0.25) is 0 Å². The largest absolute Gasteiger partial charge is 0.465 e. The van der Waals surface area contributed by atoms with Crippen molar-refractivity contribution in [3.63, 3.8) is 0 Å². The van der Waals surface area contributed by atoms with E-state index in [1.165, 1.54) is 6.42 Å². The highest BCUT2D eigenvalue weighted by Crippen LogP contribution is 2.26. The minimum absolute atomic E-state index is 0.0611. The average Bonchev–Trinajstić information content (AvgIpc) is 2.22. The topological polar surface area (TPSA) is 47.6 Å². The molecule has 1 fully saturated rings. The van der Waals surface area contributed by atoms with Gasteiger partial charge in [-0.15, -0.1) is 0 Å². The molecular weight excluding hydrogens is 242 g/mol. The molecule has 2 atom stereocenters. The summed E-state index contributed by atoms with van der Waals surface area (Å²) in [4.78, 5) is 12.2. The molecule has 0 spiro atoms. The van der Waals surface area contributed by atoms with Crippen molar-refractivity contribution in [3.8, 4) is 0 Å². The van der Waals surface area contributed by atoms with Gasteiger partial charge >= 0.3 is 5.97 Å². The Morgan fingerprint density at radius 2 is 2.00 bits per heavy atom. The first kappa shape index (κ1) is 16.4. The van der Waals surface area contributed by atoms with Crippen LogP contribution < -0.4 is 5.32 Å². The summed E-state index contributed by atoms with van der Waals surface area (Å²) in [6.07, 6.45) is 4.65. The van der Waals surface area contributed by atoms with Gasteiger partial charge in [0, 0.05) is 12.5 Å². The van der Waals surface area contributed by atoms with Crippen LogP contribution in [0.15, 0.2) is 0 Å². The fourth-order valence-electron chi connectivity index (χ4n) is 2.59. The van der Waals surface area contributed by atoms with Crippen LogP contribution in [-0.2, 0) is 14.3 Å². The Kier molecular flexibility index (Phi) is 6.27. The van der Waals surface area contributed by atoms with Crippen LogP contribution in [0.25, 0.3) is 0 Å². The van der Waals surface area contributed by atoms with Crippen molar-refractivity contribution in [1.82, 2.24) is 5.32 Å². The molecule has 0 aromatic carbocycles. The molecule has 1 N–H and O–H groups in total. The summed E-state index contributed by atoms with van der Waals surface area (Å²) in [7, 11) is 0. The number of ether oxygens (including phenoxy) is 2. The molecule has 0 saturated heterocycles. The average molecular weight is 271 g/mol. The smallest absolute Gasteiger partial charge is 0.326 e. The fraction of sp³-hybridized carbons (Fsp3) is 0.933. The predicted octanol–water partition coefficient (Wildman–Crippen LogP) is 2.65. The highest BCUT2D eigenvalue weighted by Gasteiger charge is 2.37. The van der Waals surface area contributed by atoms with Gasteiger partial charge in [0.05, 0.1) is 18.8 Å². The van der Waals surface area contributed by atoms with Crippen molar-refractivity contribution < 1.29 is 14.3 Å². The Labute approximate surface area is 117 Å². The molecule has 4 nitrogen and oxygen atoms in total. The van der Waals surface area contributed by atoms with E-state index in [-0.39, 0.29) is 18.1 Å². The van der Waals surface area contributed by atoms with Gasteiger partial charge in [-0.05, 0) is 53.9 Å². The van der Waals surface area contributed by atoms with Gasteiger partial charge in [-0.3, -0.25) is 10.1 Å². The number of carbonyl (C=O) groups excluding carboxylic acids is 1. The SMILES string of the molecule is CCOC(=O)C(C)(CC(C)OC1CCC1)NC(C)C. The maximum absolute atomic E-state index is 12.2. The van der Waals surface area contributed by atoms with Crippen LogP contribution in [0.1, 0.15) is 60.3 Å². The highest BCUT2D eigenvalue weighted by molar-refractivity contribution is 5.80. The zero-order valence-corrected chi connectivity index (χ0v) is 13.0. The molecule has 0 aromatic heterocycles. The van der Waals surface area contributed by atoms with Gasteiger partial charge in [0.1, 0.15) is 5.54 Å². The predicted molar refractivity (Wildman–Crippen MR) is 76.1 cm³/mol. The van der Waals surface area contributed by atoms with Crippen molar-refractivity contribution >= 4 is 5.97 Å². The van der Waals surface area contributed by atoms with E-state index in [9.17, 15) is 4.79 Å². The highest BCUT2D eigenvalue weighted by atomic mass is 16.5. The monoisotopic (exact) mass is 271 g/mol. The molecule has 1 aliphatic rings. The summed E-state index contributed by atoms with van der Waals surface area (Å²) in [5.41, 5.74) is -0.673. The van der Waals surface area contributed by atoms with Gasteiger partial charge in [0.25, 0.3) is 0 Å². The minimum atomic E-state index is -0.673. The molecule has 0 radical (unpaired) electrons. The number of esters is 1. The summed E-state index contributed by atoms with van der Waals surface area (Å²) in [5, 5.41) is 3.33. The van der Waals surface area contributed by atoms with Crippen molar-refractivity contribution in [3.05, 3.63) is 0 Å². The first-order valence-electron chi connectivity index (χ1n) is 7.47. The van der Waals surface area contributed by atoms with E-state index >= 15 is 0 Å². The Balaban J connectivity index is 2.58. The van der Waals surface area contributed by atoms with Gasteiger partial charge in [0.15, 0.2) is 0 Å². The maximum Gasteiger partial charge on any atom is 0.326 e. The second-order valence-electron chi connectivity index (χ2n) is 6.06. The van der Waals surface area contributed by atoms with Crippen LogP contribution >= 0.6 is 0 Å². The van der Waals surface area contributed by atoms with Crippen molar-refractivity contribution in [1.29, 1.82) is 0 Å². The lowest BCUT2D eigenvalue weighted by Gasteiger charge is -2.35. The summed E-state index contributed by atoms with van der Waals surface area (Å²) >= 11 is 0. The third-order valence-corrected chi connectivity index (χ3v) is 3.51. The fourth-order valence-corrected chi connectivity index (χ4v) is 2.59. The minimum Gasteiger partial charge on any atom is -0.465 e. The summed E-state index contributed by atoms with van der Waals surface area (Å²) in [5.74, 6) is -0.187. The third kappa shape index (κ3) is 5.11. The number of hydrogen-bond donors (Lipinski definition) is 1. The number of carbonyl (C=O) groups is 1. The lowest BCUT2D eigenvalue weighted by atomic mass is 9.92. The molecule has 1 rings (SSSR count). The van der Waals surface area contributed by atoms with E-state index in [1.54, 1.807) is 0 Å². The van der Waals surface area contributed by atoms with Crippen molar-refractivity contribution in [2.24, 2.45) is 0 Å². The molecule has 0 amide bonds. The van der Waals surface area contributed by atoms with E-state index in [1.807, 2.05) is 34.6 Å². The first-order chi connectivity index (χ1) is 8.87. The Bertz CT molecular complexity index is 289. The van der Waals surface area contributed by atoms with Crippen molar-refractivity contribution in [2.45, 2.75) is 84.1 Å². The lowest BCUT2D eigenvalue weighted by molar-refractivity contribution is -0.153. The number of hydrogen-bond acceptors (Lipinski definition) is 4. The van der Waals surface area contributed by atoms with Crippen LogP contribution in [0.4, 0.5) is 0 Å². The van der Waals surface area contributed by atoms with E-state index in [2.05, 4.69) is 5.32 Å². The molecule has 0 aliphatic heterocycles. The first-order valence-corrected chi connectivity index (χ1v) is 7.47. The summed E-state index contributed by atoms with van der Waals surface area (Å²) < 4.78 is 11.1. The summed E-state index contributed by atoms with van der Waals surface area (Å²) in [6.45, 7) is 10.3. The maximum atomic E-state index is 12.2.